The first-order valence-electron chi connectivity index (χ1n) is 8.70. The number of methoxy groups -OCH3 is 1. The van der Waals surface area contributed by atoms with Gasteiger partial charge in [-0.05, 0) is 30.7 Å². The van der Waals surface area contributed by atoms with Gasteiger partial charge in [0.2, 0.25) is 5.95 Å². The number of fused-ring (bicyclic) bond motifs is 1. The highest BCUT2D eigenvalue weighted by molar-refractivity contribution is 5.90. The van der Waals surface area contributed by atoms with Crippen molar-refractivity contribution < 1.29 is 4.74 Å². The Hall–Kier alpha value is -3.75. The topological polar surface area (TPSA) is 103 Å². The van der Waals surface area contributed by atoms with Gasteiger partial charge in [0.15, 0.2) is 11.6 Å². The number of benzene rings is 1. The summed E-state index contributed by atoms with van der Waals surface area (Å²) in [6.45, 7) is 1.99. The number of rotatable bonds is 5. The Kier molecular flexibility index (Phi) is 4.48. The molecule has 142 valence electrons. The average molecular weight is 376 g/mol. The molecule has 0 fully saturated rings. The molecule has 1 aromatic carbocycles. The molecule has 3 aromatic heterocycles. The molecule has 0 aliphatic carbocycles. The largest absolute Gasteiger partial charge is 0.495 e. The van der Waals surface area contributed by atoms with Gasteiger partial charge in [-0.2, -0.15) is 0 Å². The molecule has 0 atom stereocenters. The maximum Gasteiger partial charge on any atom is 0.227 e. The van der Waals surface area contributed by atoms with Crippen LogP contribution in [0.1, 0.15) is 5.56 Å². The summed E-state index contributed by atoms with van der Waals surface area (Å²) in [4.78, 5) is 13.5. The zero-order valence-corrected chi connectivity index (χ0v) is 16.1. The summed E-state index contributed by atoms with van der Waals surface area (Å²) in [6, 6.07) is 5.75. The van der Waals surface area contributed by atoms with E-state index < -0.39 is 0 Å². The lowest BCUT2D eigenvalue weighted by molar-refractivity contribution is 0.417. The van der Waals surface area contributed by atoms with E-state index in [1.807, 2.05) is 43.8 Å². The number of aryl methyl sites for hydroxylation is 2. The third-order valence-corrected chi connectivity index (χ3v) is 4.48. The van der Waals surface area contributed by atoms with E-state index in [-0.39, 0.29) is 0 Å². The summed E-state index contributed by atoms with van der Waals surface area (Å²) in [5.74, 6) is 2.57. The molecule has 0 spiro atoms. The highest BCUT2D eigenvalue weighted by Crippen LogP contribution is 2.32. The van der Waals surface area contributed by atoms with Crippen molar-refractivity contribution in [2.24, 2.45) is 7.05 Å². The van der Waals surface area contributed by atoms with Crippen molar-refractivity contribution in [3.05, 3.63) is 42.5 Å². The molecule has 0 bridgehead atoms. The minimum atomic E-state index is 0.459. The summed E-state index contributed by atoms with van der Waals surface area (Å²) < 4.78 is 7.40. The SMILES string of the molecule is CNc1ncc(C)c2cnc(Nc3ccc(-c4nncn4C)cc3OC)nc12. The molecule has 0 aliphatic heterocycles. The lowest BCUT2D eigenvalue weighted by Crippen LogP contribution is -2.03. The zero-order valence-electron chi connectivity index (χ0n) is 16.1. The van der Waals surface area contributed by atoms with Gasteiger partial charge >= 0.3 is 0 Å². The van der Waals surface area contributed by atoms with E-state index in [4.69, 9.17) is 4.74 Å². The van der Waals surface area contributed by atoms with Crippen molar-refractivity contribution in [1.29, 1.82) is 0 Å². The fraction of sp³-hybridized carbons (Fsp3) is 0.211. The number of aromatic nitrogens is 6. The first-order chi connectivity index (χ1) is 13.6. The quantitative estimate of drug-likeness (QED) is 0.548. The number of hydrogen-bond acceptors (Lipinski definition) is 8. The van der Waals surface area contributed by atoms with Gasteiger partial charge < -0.3 is 19.9 Å². The van der Waals surface area contributed by atoms with E-state index >= 15 is 0 Å². The minimum absolute atomic E-state index is 0.459. The molecule has 2 N–H and O–H groups in total. The molecule has 28 heavy (non-hydrogen) atoms. The van der Waals surface area contributed by atoms with Crippen LogP contribution in [0.15, 0.2) is 36.9 Å². The van der Waals surface area contributed by atoms with Gasteiger partial charge in [-0.3, -0.25) is 0 Å². The number of pyridine rings is 1. The molecule has 0 radical (unpaired) electrons. The third kappa shape index (κ3) is 3.07. The van der Waals surface area contributed by atoms with Gasteiger partial charge in [0.1, 0.15) is 17.6 Å². The summed E-state index contributed by atoms with van der Waals surface area (Å²) >= 11 is 0. The van der Waals surface area contributed by atoms with Crippen molar-refractivity contribution in [3.8, 4) is 17.1 Å². The molecule has 9 heteroatoms. The predicted molar refractivity (Wildman–Crippen MR) is 108 cm³/mol. The molecular weight excluding hydrogens is 356 g/mol. The molecule has 3 heterocycles. The number of anilines is 3. The Morgan fingerprint density at radius 3 is 2.71 bits per heavy atom. The second-order valence-electron chi connectivity index (χ2n) is 6.30. The van der Waals surface area contributed by atoms with Gasteiger partial charge in [-0.25, -0.2) is 15.0 Å². The van der Waals surface area contributed by atoms with Crippen LogP contribution < -0.4 is 15.4 Å². The number of nitrogens with zero attached hydrogens (tertiary/aromatic N) is 6. The first kappa shape index (κ1) is 17.7. The molecule has 0 saturated carbocycles. The fourth-order valence-electron chi connectivity index (χ4n) is 2.98. The van der Waals surface area contributed by atoms with Crippen LogP contribution in [0.5, 0.6) is 5.75 Å². The maximum absolute atomic E-state index is 5.55. The molecule has 0 amide bonds. The lowest BCUT2D eigenvalue weighted by Gasteiger charge is -2.13. The smallest absolute Gasteiger partial charge is 0.227 e. The fourth-order valence-corrected chi connectivity index (χ4v) is 2.98. The molecule has 0 aliphatic rings. The summed E-state index contributed by atoms with van der Waals surface area (Å²) in [5, 5.41) is 15.3. The summed E-state index contributed by atoms with van der Waals surface area (Å²) in [6.07, 6.45) is 5.26. The number of nitrogens with one attached hydrogen (secondary N) is 2. The average Bonchev–Trinajstić information content (AvgIpc) is 3.14. The standard InChI is InChI=1S/C19H20N8O/c1-11-8-21-17(20-2)16-13(11)9-22-19(25-16)24-14-6-5-12(7-15(14)28-4)18-26-23-10-27(18)3/h5-10H,1-4H3,(H,20,21)(H,22,24,25). The van der Waals surface area contributed by atoms with E-state index in [1.165, 1.54) is 0 Å². The van der Waals surface area contributed by atoms with Gasteiger partial charge in [-0.15, -0.1) is 10.2 Å². The first-order valence-corrected chi connectivity index (χ1v) is 8.70. The van der Waals surface area contributed by atoms with Crippen molar-refractivity contribution in [2.45, 2.75) is 6.92 Å². The van der Waals surface area contributed by atoms with E-state index in [2.05, 4.69) is 35.8 Å². The van der Waals surface area contributed by atoms with Crippen LogP contribution in [-0.2, 0) is 7.05 Å². The van der Waals surface area contributed by atoms with Crippen LogP contribution >= 0.6 is 0 Å². The summed E-state index contributed by atoms with van der Waals surface area (Å²) in [7, 11) is 5.33. The van der Waals surface area contributed by atoms with E-state index in [9.17, 15) is 0 Å². The second kappa shape index (κ2) is 7.10. The van der Waals surface area contributed by atoms with Crippen LogP contribution in [0.3, 0.4) is 0 Å². The Morgan fingerprint density at radius 1 is 1.14 bits per heavy atom. The van der Waals surface area contributed by atoms with Gasteiger partial charge in [0.25, 0.3) is 0 Å². The normalized spacial score (nSPS) is 10.9. The summed E-state index contributed by atoms with van der Waals surface area (Å²) in [5.41, 5.74) is 3.43. The van der Waals surface area contributed by atoms with Crippen molar-refractivity contribution >= 4 is 28.4 Å². The maximum atomic E-state index is 5.55. The Morgan fingerprint density at radius 2 is 2.00 bits per heavy atom. The minimum Gasteiger partial charge on any atom is -0.495 e. The molecular formula is C19H20N8O. The van der Waals surface area contributed by atoms with Gasteiger partial charge in [0, 0.05) is 37.4 Å². The van der Waals surface area contributed by atoms with Crippen molar-refractivity contribution in [2.75, 3.05) is 24.8 Å². The van der Waals surface area contributed by atoms with Crippen molar-refractivity contribution in [3.63, 3.8) is 0 Å². The third-order valence-electron chi connectivity index (χ3n) is 4.48. The molecule has 4 rings (SSSR count). The molecule has 0 saturated heterocycles. The van der Waals surface area contributed by atoms with E-state index in [0.717, 1.165) is 33.5 Å². The number of hydrogen-bond donors (Lipinski definition) is 2. The Labute approximate surface area is 161 Å². The number of ether oxygens (including phenoxy) is 1. The van der Waals surface area contributed by atoms with Gasteiger partial charge in [-0.1, -0.05) is 0 Å². The van der Waals surface area contributed by atoms with Crippen LogP contribution in [0.25, 0.3) is 22.3 Å². The van der Waals surface area contributed by atoms with Crippen LogP contribution in [0, 0.1) is 6.92 Å². The van der Waals surface area contributed by atoms with Crippen LogP contribution in [0.2, 0.25) is 0 Å². The van der Waals surface area contributed by atoms with Crippen LogP contribution in [-0.4, -0.2) is 43.9 Å². The molecule has 9 nitrogen and oxygen atoms in total. The Balaban J connectivity index is 1.72. The Bertz CT molecular complexity index is 1150. The molecule has 0 unspecified atom stereocenters. The highest BCUT2D eigenvalue weighted by atomic mass is 16.5. The highest BCUT2D eigenvalue weighted by Gasteiger charge is 2.12. The van der Waals surface area contributed by atoms with Crippen molar-refractivity contribution in [1.82, 2.24) is 29.7 Å². The lowest BCUT2D eigenvalue weighted by atomic mass is 10.1. The second-order valence-corrected chi connectivity index (χ2v) is 6.30. The van der Waals surface area contributed by atoms with Gasteiger partial charge in [0.05, 0.1) is 12.8 Å². The predicted octanol–water partition coefficient (Wildman–Crippen LogP) is 2.92. The monoisotopic (exact) mass is 376 g/mol. The van der Waals surface area contributed by atoms with E-state index in [1.54, 1.807) is 25.8 Å². The van der Waals surface area contributed by atoms with E-state index in [0.29, 0.717) is 17.5 Å². The molecule has 4 aromatic rings. The van der Waals surface area contributed by atoms with Crippen LogP contribution in [0.4, 0.5) is 17.5 Å². The zero-order chi connectivity index (χ0) is 19.7.